The number of benzene rings is 3. The smallest absolute Gasteiger partial charge is 0.175 e. The molecule has 3 aromatic rings. The number of hydrogen-bond donors (Lipinski definition) is 0. The van der Waals surface area contributed by atoms with Crippen LogP contribution in [0.25, 0.3) is 23.3 Å². The average Bonchev–Trinajstić information content (AvgIpc) is 2.72. The van der Waals surface area contributed by atoms with E-state index in [2.05, 4.69) is 18.8 Å². The molecule has 0 fully saturated rings. The quantitative estimate of drug-likeness (QED) is 0.317. The van der Waals surface area contributed by atoms with Gasteiger partial charge >= 0.3 is 0 Å². The van der Waals surface area contributed by atoms with Gasteiger partial charge in [0.05, 0.1) is 5.56 Å². The second-order valence-corrected chi connectivity index (χ2v) is 6.72. The van der Waals surface area contributed by atoms with Crippen molar-refractivity contribution >= 4 is 12.2 Å². The molecule has 0 unspecified atom stereocenters. The van der Waals surface area contributed by atoms with Gasteiger partial charge in [-0.2, -0.15) is 0 Å². The van der Waals surface area contributed by atoms with Crippen LogP contribution in [0.4, 0.5) is 13.2 Å². The molecule has 0 aliphatic rings. The molecule has 29 heavy (non-hydrogen) atoms. The molecule has 0 heterocycles. The Bertz CT molecular complexity index is 1100. The molecule has 0 radical (unpaired) electrons. The van der Waals surface area contributed by atoms with Gasteiger partial charge < -0.3 is 0 Å². The lowest BCUT2D eigenvalue weighted by atomic mass is 10.0. The van der Waals surface area contributed by atoms with Gasteiger partial charge in [0.25, 0.3) is 0 Å². The molecule has 0 N–H and O–H groups in total. The van der Waals surface area contributed by atoms with Crippen molar-refractivity contribution < 1.29 is 13.2 Å². The summed E-state index contributed by atoms with van der Waals surface area (Å²) < 4.78 is 42.7. The van der Waals surface area contributed by atoms with E-state index in [1.165, 1.54) is 12.1 Å². The van der Waals surface area contributed by atoms with Crippen LogP contribution in [0.15, 0.2) is 54.6 Å². The summed E-state index contributed by atoms with van der Waals surface area (Å²) in [6.07, 6.45) is 5.32. The highest BCUT2D eigenvalue weighted by Crippen LogP contribution is 2.27. The van der Waals surface area contributed by atoms with Crippen LogP contribution in [0.1, 0.15) is 42.5 Å². The average molecular weight is 390 g/mol. The Morgan fingerprint density at radius 2 is 1.62 bits per heavy atom. The Morgan fingerprint density at radius 1 is 0.862 bits per heavy atom. The molecule has 0 nitrogen and oxygen atoms in total. The monoisotopic (exact) mass is 390 g/mol. The zero-order chi connectivity index (χ0) is 20.8. The highest BCUT2D eigenvalue weighted by atomic mass is 19.2. The van der Waals surface area contributed by atoms with E-state index in [4.69, 9.17) is 0 Å². The SMILES string of the molecule is CC#Cc1ccc(-c2ccc(/C=C/c3ccc(CCC)cc3F)cc2)c(F)c1F. The van der Waals surface area contributed by atoms with E-state index >= 15 is 0 Å². The van der Waals surface area contributed by atoms with Gasteiger partial charge in [0.1, 0.15) is 5.82 Å². The second-order valence-electron chi connectivity index (χ2n) is 6.72. The minimum atomic E-state index is -0.942. The molecule has 0 amide bonds. The first-order valence-electron chi connectivity index (χ1n) is 9.51. The third kappa shape index (κ3) is 4.78. The molecule has 0 atom stereocenters. The van der Waals surface area contributed by atoms with E-state index in [1.54, 1.807) is 55.5 Å². The van der Waals surface area contributed by atoms with Gasteiger partial charge in [-0.1, -0.05) is 67.8 Å². The van der Waals surface area contributed by atoms with Crippen molar-refractivity contribution in [2.45, 2.75) is 26.7 Å². The first-order chi connectivity index (χ1) is 14.0. The minimum absolute atomic E-state index is 0.0419. The molecule has 3 heteroatoms. The maximum Gasteiger partial charge on any atom is 0.175 e. The molecular formula is C26H21F3. The first-order valence-corrected chi connectivity index (χ1v) is 9.51. The summed E-state index contributed by atoms with van der Waals surface area (Å²) in [5, 5.41) is 0. The van der Waals surface area contributed by atoms with Crippen LogP contribution in [0, 0.1) is 29.3 Å². The minimum Gasteiger partial charge on any atom is -0.206 e. The van der Waals surface area contributed by atoms with E-state index in [0.29, 0.717) is 11.1 Å². The van der Waals surface area contributed by atoms with Crippen LogP contribution in [-0.4, -0.2) is 0 Å². The Hall–Kier alpha value is -3.25. The van der Waals surface area contributed by atoms with Crippen LogP contribution < -0.4 is 0 Å². The fourth-order valence-electron chi connectivity index (χ4n) is 3.11. The van der Waals surface area contributed by atoms with Crippen molar-refractivity contribution in [3.05, 3.63) is 94.3 Å². The van der Waals surface area contributed by atoms with Crippen LogP contribution in [0.3, 0.4) is 0 Å². The molecule has 0 aliphatic heterocycles. The Labute approximate surface area is 169 Å². The van der Waals surface area contributed by atoms with Crippen molar-refractivity contribution in [2.75, 3.05) is 0 Å². The lowest BCUT2D eigenvalue weighted by Gasteiger charge is -2.06. The molecular weight excluding hydrogens is 369 g/mol. The highest BCUT2D eigenvalue weighted by Gasteiger charge is 2.13. The van der Waals surface area contributed by atoms with Crippen molar-refractivity contribution in [2.24, 2.45) is 0 Å². The van der Waals surface area contributed by atoms with E-state index in [9.17, 15) is 13.2 Å². The van der Waals surface area contributed by atoms with Gasteiger partial charge in [0.15, 0.2) is 11.6 Å². The zero-order valence-corrected chi connectivity index (χ0v) is 16.4. The summed E-state index contributed by atoms with van der Waals surface area (Å²) in [7, 11) is 0. The van der Waals surface area contributed by atoms with Gasteiger partial charge in [-0.3, -0.25) is 0 Å². The summed E-state index contributed by atoms with van der Waals surface area (Å²) in [5.41, 5.74) is 3.11. The van der Waals surface area contributed by atoms with E-state index in [0.717, 1.165) is 24.0 Å². The summed E-state index contributed by atoms with van der Waals surface area (Å²) in [6.45, 7) is 3.63. The molecule has 3 aromatic carbocycles. The van der Waals surface area contributed by atoms with E-state index < -0.39 is 11.6 Å². The number of hydrogen-bond acceptors (Lipinski definition) is 0. The van der Waals surface area contributed by atoms with Crippen molar-refractivity contribution in [1.82, 2.24) is 0 Å². The van der Waals surface area contributed by atoms with Crippen molar-refractivity contribution in [1.29, 1.82) is 0 Å². The van der Waals surface area contributed by atoms with Crippen molar-refractivity contribution in [3.8, 4) is 23.0 Å². The third-order valence-electron chi connectivity index (χ3n) is 4.62. The van der Waals surface area contributed by atoms with Crippen LogP contribution in [0.2, 0.25) is 0 Å². The zero-order valence-electron chi connectivity index (χ0n) is 16.4. The Balaban J connectivity index is 1.81. The number of halogens is 3. The van der Waals surface area contributed by atoms with Crippen LogP contribution >= 0.6 is 0 Å². The van der Waals surface area contributed by atoms with E-state index in [-0.39, 0.29) is 16.9 Å². The van der Waals surface area contributed by atoms with E-state index in [1.807, 2.05) is 6.07 Å². The molecule has 0 spiro atoms. The fourth-order valence-corrected chi connectivity index (χ4v) is 3.11. The summed E-state index contributed by atoms with van der Waals surface area (Å²) in [5.74, 6) is 3.01. The van der Waals surface area contributed by atoms with Gasteiger partial charge in [0, 0.05) is 11.1 Å². The largest absolute Gasteiger partial charge is 0.206 e. The second kappa shape index (κ2) is 9.30. The summed E-state index contributed by atoms with van der Waals surface area (Å²) >= 11 is 0. The van der Waals surface area contributed by atoms with Crippen LogP contribution in [-0.2, 0) is 6.42 Å². The normalized spacial score (nSPS) is 10.8. The lowest BCUT2D eigenvalue weighted by Crippen LogP contribution is -1.94. The van der Waals surface area contributed by atoms with Gasteiger partial charge in [-0.25, -0.2) is 13.2 Å². The summed E-state index contributed by atoms with van der Waals surface area (Å²) in [4.78, 5) is 0. The van der Waals surface area contributed by atoms with Crippen LogP contribution in [0.5, 0.6) is 0 Å². The van der Waals surface area contributed by atoms with Gasteiger partial charge in [-0.15, -0.1) is 5.92 Å². The topological polar surface area (TPSA) is 0 Å². The van der Waals surface area contributed by atoms with Gasteiger partial charge in [-0.05, 0) is 48.2 Å². The molecule has 0 saturated carbocycles. The molecule has 0 bridgehead atoms. The first kappa shape index (κ1) is 20.5. The summed E-state index contributed by atoms with van der Waals surface area (Å²) in [6, 6.07) is 15.3. The van der Waals surface area contributed by atoms with Crippen molar-refractivity contribution in [3.63, 3.8) is 0 Å². The highest BCUT2D eigenvalue weighted by molar-refractivity contribution is 5.73. The Morgan fingerprint density at radius 3 is 2.28 bits per heavy atom. The fraction of sp³-hybridized carbons (Fsp3) is 0.154. The standard InChI is InChI=1S/C26H21F3/c1-3-5-19-10-14-21(24(27)17-19)13-9-18-7-11-20(12-8-18)23-16-15-22(6-4-2)25(28)26(23)29/h7-17H,3,5H2,1-2H3/b13-9+. The number of rotatable bonds is 5. The maximum atomic E-state index is 14.4. The lowest BCUT2D eigenvalue weighted by molar-refractivity contribution is 0.509. The molecule has 3 rings (SSSR count). The maximum absolute atomic E-state index is 14.4. The molecule has 0 aliphatic carbocycles. The molecule has 0 saturated heterocycles. The predicted octanol–water partition coefficient (Wildman–Crippen LogP) is 7.27. The predicted molar refractivity (Wildman–Crippen MR) is 114 cm³/mol. The number of aryl methyl sites for hydroxylation is 1. The molecule has 146 valence electrons. The third-order valence-corrected chi connectivity index (χ3v) is 4.62. The Kier molecular flexibility index (Phi) is 6.57. The van der Waals surface area contributed by atoms with Gasteiger partial charge in [0.2, 0.25) is 0 Å². The molecule has 0 aromatic heterocycles.